The van der Waals surface area contributed by atoms with E-state index < -0.39 is 8.32 Å². The third-order valence-electron chi connectivity index (χ3n) is 2.73. The smallest absolute Gasteiger partial charge is 0.249 e. The van der Waals surface area contributed by atoms with Gasteiger partial charge in [-0.3, -0.25) is 0 Å². The minimum atomic E-state index is -1.63. The van der Waals surface area contributed by atoms with E-state index in [9.17, 15) is 0 Å². The Hall–Kier alpha value is -0.283. The van der Waals surface area contributed by atoms with Gasteiger partial charge in [0.2, 0.25) is 8.32 Å². The summed E-state index contributed by atoms with van der Waals surface area (Å²) >= 11 is 0. The van der Waals surface area contributed by atoms with Crippen LogP contribution in [0.15, 0.2) is 11.8 Å². The molecule has 0 aromatic heterocycles. The molecule has 0 rings (SSSR count). The van der Waals surface area contributed by atoms with Gasteiger partial charge in [-0.1, -0.05) is 20.8 Å². The molecule has 0 amide bonds. The number of rotatable bonds is 4. The first-order valence-corrected chi connectivity index (χ1v) is 7.94. The highest BCUT2D eigenvalue weighted by Crippen LogP contribution is 2.36. The van der Waals surface area contributed by atoms with Crippen LogP contribution in [-0.4, -0.2) is 22.0 Å². The van der Waals surface area contributed by atoms with Crippen molar-refractivity contribution in [1.82, 2.24) is 0 Å². The molecule has 0 saturated carbocycles. The SMILES string of the molecule is COCC(C)=CO[Si](C)(C)C(C)(C)C. The van der Waals surface area contributed by atoms with Crippen molar-refractivity contribution in [3.63, 3.8) is 0 Å². The second-order valence-corrected chi connectivity index (χ2v) is 10.0. The molecule has 0 aliphatic carbocycles. The van der Waals surface area contributed by atoms with Gasteiger partial charge in [-0.25, -0.2) is 0 Å². The van der Waals surface area contributed by atoms with E-state index in [1.807, 2.05) is 13.2 Å². The molecule has 0 atom stereocenters. The Morgan fingerprint density at radius 1 is 1.29 bits per heavy atom. The molecule has 0 aliphatic rings. The van der Waals surface area contributed by atoms with E-state index in [1.165, 1.54) is 0 Å². The van der Waals surface area contributed by atoms with Gasteiger partial charge >= 0.3 is 0 Å². The molecule has 0 saturated heterocycles. The molecule has 0 bridgehead atoms. The van der Waals surface area contributed by atoms with Crippen molar-refractivity contribution in [2.45, 2.75) is 45.8 Å². The van der Waals surface area contributed by atoms with Crippen LogP contribution in [0.4, 0.5) is 0 Å². The summed E-state index contributed by atoms with van der Waals surface area (Å²) in [6.45, 7) is 13.9. The van der Waals surface area contributed by atoms with Crippen LogP contribution in [-0.2, 0) is 9.16 Å². The van der Waals surface area contributed by atoms with Crippen LogP contribution in [0, 0.1) is 0 Å². The summed E-state index contributed by atoms with van der Waals surface area (Å²) in [4.78, 5) is 0. The molecule has 0 aromatic carbocycles. The van der Waals surface area contributed by atoms with Gasteiger partial charge in [-0.2, -0.15) is 0 Å². The van der Waals surface area contributed by atoms with Gasteiger partial charge in [0.25, 0.3) is 0 Å². The molecule has 0 fully saturated rings. The molecule has 0 aromatic rings. The summed E-state index contributed by atoms with van der Waals surface area (Å²) in [6.07, 6.45) is 1.86. The first-order chi connectivity index (χ1) is 6.20. The van der Waals surface area contributed by atoms with Crippen LogP contribution in [0.1, 0.15) is 27.7 Å². The lowest BCUT2D eigenvalue weighted by Gasteiger charge is -2.35. The Morgan fingerprint density at radius 2 is 1.79 bits per heavy atom. The van der Waals surface area contributed by atoms with E-state index in [2.05, 4.69) is 33.9 Å². The van der Waals surface area contributed by atoms with Crippen molar-refractivity contribution < 1.29 is 9.16 Å². The topological polar surface area (TPSA) is 18.5 Å². The van der Waals surface area contributed by atoms with Crippen LogP contribution < -0.4 is 0 Å². The summed E-state index contributed by atoms with van der Waals surface area (Å²) < 4.78 is 10.9. The van der Waals surface area contributed by atoms with Crippen LogP contribution in [0.3, 0.4) is 0 Å². The van der Waals surface area contributed by atoms with Gasteiger partial charge in [0.05, 0.1) is 12.9 Å². The molecule has 0 unspecified atom stereocenters. The normalized spacial score (nSPS) is 14.4. The number of hydrogen-bond acceptors (Lipinski definition) is 2. The zero-order valence-electron chi connectivity index (χ0n) is 10.6. The first kappa shape index (κ1) is 13.7. The fourth-order valence-corrected chi connectivity index (χ4v) is 1.54. The average Bonchev–Trinajstić information content (AvgIpc) is 1.99. The molecule has 2 nitrogen and oxygen atoms in total. The van der Waals surface area contributed by atoms with Crippen LogP contribution in [0.25, 0.3) is 0 Å². The van der Waals surface area contributed by atoms with Crippen molar-refractivity contribution in [1.29, 1.82) is 0 Å². The zero-order valence-corrected chi connectivity index (χ0v) is 11.6. The number of methoxy groups -OCH3 is 1. The Bertz CT molecular complexity index is 202. The predicted molar refractivity (Wildman–Crippen MR) is 63.9 cm³/mol. The Balaban J connectivity index is 4.31. The lowest BCUT2D eigenvalue weighted by molar-refractivity contribution is 0.223. The van der Waals surface area contributed by atoms with Gasteiger partial charge in [0, 0.05) is 7.11 Å². The monoisotopic (exact) mass is 216 g/mol. The molecule has 14 heavy (non-hydrogen) atoms. The van der Waals surface area contributed by atoms with Crippen molar-refractivity contribution in [2.24, 2.45) is 0 Å². The first-order valence-electron chi connectivity index (χ1n) is 5.03. The fourth-order valence-electron chi connectivity index (χ4n) is 0.686. The predicted octanol–water partition coefficient (Wildman–Crippen LogP) is 3.56. The second-order valence-electron chi connectivity index (χ2n) is 5.28. The average molecular weight is 216 g/mol. The highest BCUT2D eigenvalue weighted by molar-refractivity contribution is 6.74. The van der Waals surface area contributed by atoms with Gasteiger partial charge < -0.3 is 9.16 Å². The second kappa shape index (κ2) is 4.98. The molecular weight excluding hydrogens is 192 g/mol. The van der Waals surface area contributed by atoms with Crippen molar-refractivity contribution in [3.8, 4) is 0 Å². The van der Waals surface area contributed by atoms with Gasteiger partial charge in [0.1, 0.15) is 0 Å². The maximum Gasteiger partial charge on any atom is 0.249 e. The lowest BCUT2D eigenvalue weighted by atomic mass is 10.2. The summed E-state index contributed by atoms with van der Waals surface area (Å²) in [5.74, 6) is 0. The number of hydrogen-bond donors (Lipinski definition) is 0. The molecule has 84 valence electrons. The molecule has 0 heterocycles. The van der Waals surface area contributed by atoms with Gasteiger partial charge in [0.15, 0.2) is 0 Å². The maximum absolute atomic E-state index is 5.91. The molecule has 0 spiro atoms. The molecular formula is C11H24O2Si. The van der Waals surface area contributed by atoms with Crippen LogP contribution in [0.2, 0.25) is 18.1 Å². The summed E-state index contributed by atoms with van der Waals surface area (Å²) in [5, 5.41) is 0.261. The van der Waals surface area contributed by atoms with Crippen LogP contribution in [0.5, 0.6) is 0 Å². The summed E-state index contributed by atoms with van der Waals surface area (Å²) in [5.41, 5.74) is 1.14. The zero-order chi connectivity index (χ0) is 11.4. The summed E-state index contributed by atoms with van der Waals surface area (Å²) in [6, 6.07) is 0. The minimum absolute atomic E-state index is 0.261. The van der Waals surface area contributed by atoms with E-state index in [0.29, 0.717) is 6.61 Å². The van der Waals surface area contributed by atoms with Crippen LogP contribution >= 0.6 is 0 Å². The largest absolute Gasteiger partial charge is 0.549 e. The quantitative estimate of drug-likeness (QED) is 0.528. The standard InChI is InChI=1S/C11H24O2Si/c1-10(8-12-5)9-13-14(6,7)11(2,3)4/h9H,8H2,1-7H3. The summed E-state index contributed by atoms with van der Waals surface area (Å²) in [7, 11) is 0.0694. The highest BCUT2D eigenvalue weighted by atomic mass is 28.4. The van der Waals surface area contributed by atoms with Crippen molar-refractivity contribution in [3.05, 3.63) is 11.8 Å². The Morgan fingerprint density at radius 3 is 2.14 bits per heavy atom. The third kappa shape index (κ3) is 4.29. The van der Waals surface area contributed by atoms with Gasteiger partial charge in [-0.05, 0) is 30.6 Å². The lowest BCUT2D eigenvalue weighted by Crippen LogP contribution is -2.39. The Kier molecular flexibility index (Phi) is 4.88. The highest BCUT2D eigenvalue weighted by Gasteiger charge is 2.37. The minimum Gasteiger partial charge on any atom is -0.549 e. The van der Waals surface area contributed by atoms with Crippen molar-refractivity contribution >= 4 is 8.32 Å². The molecule has 3 heteroatoms. The maximum atomic E-state index is 5.91. The van der Waals surface area contributed by atoms with E-state index in [-0.39, 0.29) is 5.04 Å². The molecule has 0 N–H and O–H groups in total. The van der Waals surface area contributed by atoms with E-state index in [4.69, 9.17) is 9.16 Å². The Labute approximate surface area is 89.4 Å². The van der Waals surface area contributed by atoms with Gasteiger partial charge in [-0.15, -0.1) is 0 Å². The van der Waals surface area contributed by atoms with E-state index in [0.717, 1.165) is 5.57 Å². The third-order valence-corrected chi connectivity index (χ3v) is 7.05. The molecule has 0 aliphatic heterocycles. The number of ether oxygens (including phenoxy) is 1. The van der Waals surface area contributed by atoms with E-state index >= 15 is 0 Å². The van der Waals surface area contributed by atoms with E-state index in [1.54, 1.807) is 7.11 Å². The molecule has 0 radical (unpaired) electrons. The fraction of sp³-hybridized carbons (Fsp3) is 0.818. The van der Waals surface area contributed by atoms with Crippen molar-refractivity contribution in [2.75, 3.05) is 13.7 Å².